The molecule has 34 heavy (non-hydrogen) atoms. The summed E-state index contributed by atoms with van der Waals surface area (Å²) in [6, 6.07) is 25.1. The first-order chi connectivity index (χ1) is 16.4. The fourth-order valence-electron chi connectivity index (χ4n) is 4.01. The number of benzene rings is 3. The summed E-state index contributed by atoms with van der Waals surface area (Å²) in [7, 11) is -3.50. The van der Waals surface area contributed by atoms with Gasteiger partial charge in [-0.2, -0.15) is 4.31 Å². The van der Waals surface area contributed by atoms with Crippen molar-refractivity contribution in [3.8, 4) is 11.1 Å². The van der Waals surface area contributed by atoms with Crippen molar-refractivity contribution in [3.05, 3.63) is 90.0 Å². The number of rotatable bonds is 8. The van der Waals surface area contributed by atoms with Gasteiger partial charge in [0.2, 0.25) is 15.9 Å². The van der Waals surface area contributed by atoms with Crippen LogP contribution in [0.5, 0.6) is 0 Å². The standard InChI is InChI=1S/C27H30N2O4S/c1-21(23-10-12-25(13-11-23)24-5-3-2-4-6-24)28-27(30)16-9-22-7-14-26(15-8-22)34(31,32)29-17-19-33-20-18-29/h2-8,10-15,21H,9,16-20H2,1H3,(H,28,30)/t21-/m1/s1. The number of amides is 1. The molecule has 0 saturated carbocycles. The summed E-state index contributed by atoms with van der Waals surface area (Å²) >= 11 is 0. The molecule has 1 aliphatic heterocycles. The van der Waals surface area contributed by atoms with Crippen molar-refractivity contribution in [2.75, 3.05) is 26.3 Å². The van der Waals surface area contributed by atoms with E-state index in [0.717, 1.165) is 22.3 Å². The molecular formula is C27H30N2O4S. The van der Waals surface area contributed by atoms with Crippen LogP contribution in [0, 0.1) is 0 Å². The second-order valence-electron chi connectivity index (χ2n) is 8.44. The summed E-state index contributed by atoms with van der Waals surface area (Å²) < 4.78 is 32.1. The fourth-order valence-corrected chi connectivity index (χ4v) is 5.42. The van der Waals surface area contributed by atoms with E-state index in [0.29, 0.717) is 39.1 Å². The Balaban J connectivity index is 1.29. The summed E-state index contributed by atoms with van der Waals surface area (Å²) in [6.45, 7) is 3.56. The highest BCUT2D eigenvalue weighted by Gasteiger charge is 2.26. The van der Waals surface area contributed by atoms with Crippen LogP contribution in [-0.4, -0.2) is 44.9 Å². The second-order valence-corrected chi connectivity index (χ2v) is 10.4. The first-order valence-electron chi connectivity index (χ1n) is 11.5. The molecule has 1 saturated heterocycles. The molecule has 0 spiro atoms. The smallest absolute Gasteiger partial charge is 0.243 e. The van der Waals surface area contributed by atoms with Gasteiger partial charge in [0.25, 0.3) is 0 Å². The zero-order valence-electron chi connectivity index (χ0n) is 19.3. The third kappa shape index (κ3) is 5.91. The maximum atomic E-state index is 12.7. The van der Waals surface area contributed by atoms with Crippen molar-refractivity contribution >= 4 is 15.9 Å². The lowest BCUT2D eigenvalue weighted by molar-refractivity contribution is -0.121. The van der Waals surface area contributed by atoms with Gasteiger partial charge >= 0.3 is 0 Å². The number of carbonyl (C=O) groups excluding carboxylic acids is 1. The van der Waals surface area contributed by atoms with Gasteiger partial charge in [-0.15, -0.1) is 0 Å². The van der Waals surface area contributed by atoms with Crippen LogP contribution < -0.4 is 5.32 Å². The number of sulfonamides is 1. The molecule has 1 heterocycles. The summed E-state index contributed by atoms with van der Waals surface area (Å²) in [6.07, 6.45) is 0.880. The van der Waals surface area contributed by atoms with E-state index in [1.165, 1.54) is 4.31 Å². The lowest BCUT2D eigenvalue weighted by Crippen LogP contribution is -2.40. The number of hydrogen-bond donors (Lipinski definition) is 1. The first kappa shape index (κ1) is 24.1. The van der Waals surface area contributed by atoms with E-state index in [4.69, 9.17) is 4.74 Å². The SMILES string of the molecule is C[C@@H](NC(=O)CCc1ccc(S(=O)(=O)N2CCOCC2)cc1)c1ccc(-c2ccccc2)cc1. The van der Waals surface area contributed by atoms with E-state index >= 15 is 0 Å². The Morgan fingerprint density at radius 1 is 0.912 bits per heavy atom. The van der Waals surface area contributed by atoms with Gasteiger partial charge in [-0.05, 0) is 47.7 Å². The molecule has 0 radical (unpaired) electrons. The van der Waals surface area contributed by atoms with Gasteiger partial charge in [-0.3, -0.25) is 4.79 Å². The minimum Gasteiger partial charge on any atom is -0.379 e. The van der Waals surface area contributed by atoms with Crippen molar-refractivity contribution < 1.29 is 17.9 Å². The van der Waals surface area contributed by atoms with Crippen LogP contribution in [0.25, 0.3) is 11.1 Å². The summed E-state index contributed by atoms with van der Waals surface area (Å²) in [4.78, 5) is 12.8. The molecule has 1 fully saturated rings. The summed E-state index contributed by atoms with van der Waals surface area (Å²) in [5.74, 6) is -0.0374. The Hall–Kier alpha value is -3.00. The van der Waals surface area contributed by atoms with E-state index in [-0.39, 0.29) is 16.8 Å². The molecule has 0 aliphatic carbocycles. The monoisotopic (exact) mass is 478 g/mol. The third-order valence-corrected chi connectivity index (χ3v) is 7.98. The van der Waals surface area contributed by atoms with Crippen molar-refractivity contribution in [2.24, 2.45) is 0 Å². The minimum absolute atomic E-state index is 0.0374. The topological polar surface area (TPSA) is 75.7 Å². The summed E-state index contributed by atoms with van der Waals surface area (Å²) in [5, 5.41) is 3.05. The summed E-state index contributed by atoms with van der Waals surface area (Å²) in [5.41, 5.74) is 4.28. The highest BCUT2D eigenvalue weighted by atomic mass is 32.2. The number of ether oxygens (including phenoxy) is 1. The van der Waals surface area contributed by atoms with Gasteiger partial charge in [-0.25, -0.2) is 8.42 Å². The number of carbonyl (C=O) groups is 1. The lowest BCUT2D eigenvalue weighted by atomic mass is 10.0. The average Bonchev–Trinajstić information content (AvgIpc) is 2.89. The van der Waals surface area contributed by atoms with Gasteiger partial charge in [0, 0.05) is 19.5 Å². The van der Waals surface area contributed by atoms with Crippen molar-refractivity contribution in [1.82, 2.24) is 9.62 Å². The number of nitrogens with zero attached hydrogens (tertiary/aromatic N) is 1. The Labute approximate surface area is 201 Å². The molecule has 3 aromatic rings. The third-order valence-electron chi connectivity index (χ3n) is 6.07. The Morgan fingerprint density at radius 3 is 2.18 bits per heavy atom. The highest BCUT2D eigenvalue weighted by Crippen LogP contribution is 2.22. The zero-order chi connectivity index (χ0) is 24.0. The lowest BCUT2D eigenvalue weighted by Gasteiger charge is -2.26. The molecule has 1 amide bonds. The number of aryl methyl sites for hydroxylation is 1. The first-order valence-corrected chi connectivity index (χ1v) is 13.0. The molecule has 4 rings (SSSR count). The minimum atomic E-state index is -3.50. The van der Waals surface area contributed by atoms with E-state index in [9.17, 15) is 13.2 Å². The highest BCUT2D eigenvalue weighted by molar-refractivity contribution is 7.89. The van der Waals surface area contributed by atoms with Gasteiger partial charge in [-0.1, -0.05) is 66.7 Å². The molecule has 7 heteroatoms. The molecule has 1 atom stereocenters. The molecular weight excluding hydrogens is 448 g/mol. The van der Waals surface area contributed by atoms with Crippen LogP contribution in [0.4, 0.5) is 0 Å². The predicted octanol–water partition coefficient (Wildman–Crippen LogP) is 4.18. The van der Waals surface area contributed by atoms with Crippen LogP contribution in [0.2, 0.25) is 0 Å². The number of morpholine rings is 1. The molecule has 0 unspecified atom stereocenters. The van der Waals surface area contributed by atoms with Gasteiger partial charge < -0.3 is 10.1 Å². The van der Waals surface area contributed by atoms with Gasteiger partial charge in [0.1, 0.15) is 0 Å². The van der Waals surface area contributed by atoms with E-state index in [1.54, 1.807) is 24.3 Å². The fraction of sp³-hybridized carbons (Fsp3) is 0.296. The van der Waals surface area contributed by atoms with Crippen molar-refractivity contribution in [3.63, 3.8) is 0 Å². The zero-order valence-corrected chi connectivity index (χ0v) is 20.1. The molecule has 6 nitrogen and oxygen atoms in total. The molecule has 0 bridgehead atoms. The molecule has 1 aliphatic rings. The number of hydrogen-bond acceptors (Lipinski definition) is 4. The maximum absolute atomic E-state index is 12.7. The quantitative estimate of drug-likeness (QED) is 0.527. The van der Waals surface area contributed by atoms with E-state index in [2.05, 4.69) is 29.6 Å². The molecule has 178 valence electrons. The largest absolute Gasteiger partial charge is 0.379 e. The second kappa shape index (κ2) is 11.0. The van der Waals surface area contributed by atoms with Crippen LogP contribution in [0.15, 0.2) is 83.8 Å². The van der Waals surface area contributed by atoms with Crippen molar-refractivity contribution in [2.45, 2.75) is 30.7 Å². The number of nitrogens with one attached hydrogen (secondary N) is 1. The maximum Gasteiger partial charge on any atom is 0.243 e. The molecule has 3 aromatic carbocycles. The normalized spacial score (nSPS) is 15.6. The van der Waals surface area contributed by atoms with E-state index < -0.39 is 10.0 Å². The van der Waals surface area contributed by atoms with Crippen LogP contribution in [-0.2, 0) is 26.0 Å². The van der Waals surface area contributed by atoms with Crippen LogP contribution in [0.3, 0.4) is 0 Å². The van der Waals surface area contributed by atoms with Gasteiger partial charge in [0.15, 0.2) is 0 Å². The van der Waals surface area contributed by atoms with Gasteiger partial charge in [0.05, 0.1) is 24.2 Å². The van der Waals surface area contributed by atoms with E-state index in [1.807, 2.05) is 37.3 Å². The molecule has 1 N–H and O–H groups in total. The predicted molar refractivity (Wildman–Crippen MR) is 133 cm³/mol. The Kier molecular flexibility index (Phi) is 7.77. The van der Waals surface area contributed by atoms with Crippen LogP contribution in [0.1, 0.15) is 30.5 Å². The molecule has 0 aromatic heterocycles. The Bertz CT molecular complexity index is 1190. The van der Waals surface area contributed by atoms with Crippen molar-refractivity contribution in [1.29, 1.82) is 0 Å². The Morgan fingerprint density at radius 2 is 1.53 bits per heavy atom. The van der Waals surface area contributed by atoms with Crippen LogP contribution >= 0.6 is 0 Å². The average molecular weight is 479 g/mol.